The monoisotopic (exact) mass is 251 g/mol. The molecule has 6 nitrogen and oxygen atoms in total. The highest BCUT2D eigenvalue weighted by Crippen LogP contribution is 2.18. The van der Waals surface area contributed by atoms with Gasteiger partial charge in [0.25, 0.3) is 0 Å². The van der Waals surface area contributed by atoms with Gasteiger partial charge >= 0.3 is 5.97 Å². The minimum Gasteiger partial charge on any atom is -0.480 e. The summed E-state index contributed by atoms with van der Waals surface area (Å²) >= 11 is 0. The largest absolute Gasteiger partial charge is 0.480 e. The lowest BCUT2D eigenvalue weighted by atomic mass is 10.0. The molecule has 0 spiro atoms. The van der Waals surface area contributed by atoms with Gasteiger partial charge in [-0.1, -0.05) is 29.4 Å². The van der Waals surface area contributed by atoms with Crippen LogP contribution in [0.3, 0.4) is 0 Å². The lowest BCUT2D eigenvalue weighted by Crippen LogP contribution is -2.28. The van der Waals surface area contributed by atoms with Crippen molar-refractivity contribution < 1.29 is 15.1 Å². The summed E-state index contributed by atoms with van der Waals surface area (Å²) in [6.45, 7) is 1.89. The fraction of sp³-hybridized carbons (Fsp3) is 0.333. The van der Waals surface area contributed by atoms with Gasteiger partial charge in [-0.25, -0.2) is 0 Å². The van der Waals surface area contributed by atoms with Gasteiger partial charge in [0.05, 0.1) is 6.54 Å². The lowest BCUT2D eigenvalue weighted by Gasteiger charge is -2.23. The van der Waals surface area contributed by atoms with Crippen LogP contribution in [0.1, 0.15) is 24.1 Å². The quantitative estimate of drug-likeness (QED) is 0.312. The Morgan fingerprint density at radius 2 is 2.00 bits per heavy atom. The average Bonchev–Trinajstić information content (AvgIpc) is 2.36. The fourth-order valence-corrected chi connectivity index (χ4v) is 1.59. The summed E-state index contributed by atoms with van der Waals surface area (Å²) in [5.41, 5.74) is 7.04. The maximum atomic E-state index is 10.6. The summed E-state index contributed by atoms with van der Waals surface area (Å²) in [7, 11) is 1.75. The second-order valence-electron chi connectivity index (χ2n) is 4.09. The second kappa shape index (κ2) is 6.02. The molecular formula is C12H17N3O3. The molecule has 0 aliphatic carbocycles. The van der Waals surface area contributed by atoms with Crippen LogP contribution in [0.4, 0.5) is 0 Å². The molecule has 1 atom stereocenters. The van der Waals surface area contributed by atoms with E-state index in [4.69, 9.17) is 16.0 Å². The molecule has 4 N–H and O–H groups in total. The number of nitrogens with two attached hydrogens (primary N) is 1. The average molecular weight is 251 g/mol. The van der Waals surface area contributed by atoms with Crippen LogP contribution in [0, 0.1) is 0 Å². The molecule has 0 aromatic heterocycles. The molecule has 98 valence electrons. The number of benzene rings is 1. The van der Waals surface area contributed by atoms with E-state index in [2.05, 4.69) is 5.16 Å². The second-order valence-corrected chi connectivity index (χ2v) is 4.09. The number of carbonyl (C=O) groups is 1. The molecule has 0 radical (unpaired) electrons. The van der Waals surface area contributed by atoms with E-state index in [0.717, 1.165) is 5.56 Å². The first-order chi connectivity index (χ1) is 8.45. The number of carboxylic acid groups (broad SMARTS) is 1. The van der Waals surface area contributed by atoms with Gasteiger partial charge < -0.3 is 16.0 Å². The van der Waals surface area contributed by atoms with E-state index in [0.29, 0.717) is 5.56 Å². The molecule has 6 heteroatoms. The molecule has 0 saturated carbocycles. The van der Waals surface area contributed by atoms with E-state index in [1.807, 2.05) is 19.1 Å². The van der Waals surface area contributed by atoms with Gasteiger partial charge in [-0.2, -0.15) is 0 Å². The number of nitrogens with zero attached hydrogens (tertiary/aromatic N) is 2. The zero-order valence-corrected chi connectivity index (χ0v) is 10.4. The van der Waals surface area contributed by atoms with Crippen molar-refractivity contribution >= 4 is 11.8 Å². The molecule has 18 heavy (non-hydrogen) atoms. The summed E-state index contributed by atoms with van der Waals surface area (Å²) in [4.78, 5) is 12.3. The Balaban J connectivity index is 2.81. The van der Waals surface area contributed by atoms with Crippen LogP contribution in [0.5, 0.6) is 0 Å². The molecule has 0 aliphatic rings. The first-order valence-corrected chi connectivity index (χ1v) is 5.45. The normalized spacial score (nSPS) is 13.6. The highest BCUT2D eigenvalue weighted by molar-refractivity contribution is 5.96. The standard InChI is InChI=1S/C12H17N3O3/c1-8(15(2)7-11(16)17)9-3-5-10(6-4-9)12(13)14-18/h3-6,8,18H,7H2,1-2H3,(H2,13,14)(H,16,17). The smallest absolute Gasteiger partial charge is 0.317 e. The highest BCUT2D eigenvalue weighted by atomic mass is 16.4. The van der Waals surface area contributed by atoms with Gasteiger partial charge in [-0.05, 0) is 19.5 Å². The van der Waals surface area contributed by atoms with Crippen molar-refractivity contribution in [1.82, 2.24) is 4.90 Å². The summed E-state index contributed by atoms with van der Waals surface area (Å²) < 4.78 is 0. The van der Waals surface area contributed by atoms with Crippen molar-refractivity contribution in [3.8, 4) is 0 Å². The predicted octanol–water partition coefficient (Wildman–Crippen LogP) is 0.859. The summed E-state index contributed by atoms with van der Waals surface area (Å²) in [5.74, 6) is -0.814. The third-order valence-electron chi connectivity index (χ3n) is 2.84. The molecule has 0 bridgehead atoms. The Kier molecular flexibility index (Phi) is 4.67. The Morgan fingerprint density at radius 3 is 2.44 bits per heavy atom. The maximum absolute atomic E-state index is 10.6. The summed E-state index contributed by atoms with van der Waals surface area (Å²) in [6.07, 6.45) is 0. The maximum Gasteiger partial charge on any atom is 0.317 e. The minimum absolute atomic E-state index is 0.0246. The molecule has 0 saturated heterocycles. The molecule has 0 aliphatic heterocycles. The Morgan fingerprint density at radius 1 is 1.44 bits per heavy atom. The molecule has 1 unspecified atom stereocenters. The van der Waals surface area contributed by atoms with Gasteiger partial charge in [0.15, 0.2) is 5.84 Å². The molecule has 1 aromatic rings. The van der Waals surface area contributed by atoms with E-state index in [-0.39, 0.29) is 18.4 Å². The highest BCUT2D eigenvalue weighted by Gasteiger charge is 2.14. The molecule has 0 fully saturated rings. The van der Waals surface area contributed by atoms with Gasteiger partial charge in [0.2, 0.25) is 0 Å². The molecular weight excluding hydrogens is 234 g/mol. The number of aliphatic carboxylic acids is 1. The van der Waals surface area contributed by atoms with Crippen LogP contribution >= 0.6 is 0 Å². The van der Waals surface area contributed by atoms with Crippen LogP contribution in [0.15, 0.2) is 29.4 Å². The van der Waals surface area contributed by atoms with Gasteiger partial charge in [-0.3, -0.25) is 9.69 Å². The van der Waals surface area contributed by atoms with Crippen LogP contribution in [-0.2, 0) is 4.79 Å². The van der Waals surface area contributed by atoms with Gasteiger partial charge in [0.1, 0.15) is 0 Å². The molecule has 1 aromatic carbocycles. The minimum atomic E-state index is -0.863. The van der Waals surface area contributed by atoms with Crippen molar-refractivity contribution in [1.29, 1.82) is 0 Å². The van der Waals surface area contributed by atoms with E-state index in [1.54, 1.807) is 24.1 Å². The Bertz CT molecular complexity index is 442. The van der Waals surface area contributed by atoms with Crippen molar-refractivity contribution in [2.24, 2.45) is 10.9 Å². The van der Waals surface area contributed by atoms with Gasteiger partial charge in [0, 0.05) is 11.6 Å². The Hall–Kier alpha value is -2.08. The number of likely N-dealkylation sites (N-methyl/N-ethyl adjacent to an activating group) is 1. The number of hydrogen-bond acceptors (Lipinski definition) is 4. The number of oxime groups is 1. The van der Waals surface area contributed by atoms with E-state index in [1.165, 1.54) is 0 Å². The van der Waals surface area contributed by atoms with E-state index in [9.17, 15) is 4.79 Å². The first kappa shape index (κ1) is 14.0. The van der Waals surface area contributed by atoms with Crippen LogP contribution < -0.4 is 5.73 Å². The van der Waals surface area contributed by atoms with Crippen LogP contribution in [-0.4, -0.2) is 40.6 Å². The first-order valence-electron chi connectivity index (χ1n) is 5.45. The number of amidine groups is 1. The fourth-order valence-electron chi connectivity index (χ4n) is 1.59. The van der Waals surface area contributed by atoms with Crippen molar-refractivity contribution in [3.05, 3.63) is 35.4 Å². The summed E-state index contributed by atoms with van der Waals surface area (Å²) in [5, 5.41) is 20.2. The van der Waals surface area contributed by atoms with E-state index < -0.39 is 5.97 Å². The predicted molar refractivity (Wildman–Crippen MR) is 67.6 cm³/mol. The third kappa shape index (κ3) is 3.46. The number of hydrogen-bond donors (Lipinski definition) is 3. The van der Waals surface area contributed by atoms with Crippen molar-refractivity contribution in [3.63, 3.8) is 0 Å². The van der Waals surface area contributed by atoms with Crippen LogP contribution in [0.2, 0.25) is 0 Å². The van der Waals surface area contributed by atoms with Crippen molar-refractivity contribution in [2.45, 2.75) is 13.0 Å². The number of rotatable bonds is 5. The van der Waals surface area contributed by atoms with Crippen LogP contribution in [0.25, 0.3) is 0 Å². The van der Waals surface area contributed by atoms with Gasteiger partial charge in [-0.15, -0.1) is 0 Å². The molecule has 0 amide bonds. The van der Waals surface area contributed by atoms with E-state index >= 15 is 0 Å². The number of carboxylic acids is 1. The zero-order valence-electron chi connectivity index (χ0n) is 10.4. The lowest BCUT2D eigenvalue weighted by molar-refractivity contribution is -0.138. The van der Waals surface area contributed by atoms with Crippen molar-refractivity contribution in [2.75, 3.05) is 13.6 Å². The zero-order chi connectivity index (χ0) is 13.7. The Labute approximate surface area is 105 Å². The topological polar surface area (TPSA) is 99.2 Å². The summed E-state index contributed by atoms with van der Waals surface area (Å²) in [6, 6.07) is 7.10. The molecule has 0 heterocycles. The third-order valence-corrected chi connectivity index (χ3v) is 2.84. The molecule has 1 rings (SSSR count). The SMILES string of the molecule is CC(c1ccc(C(N)=NO)cc1)N(C)CC(=O)O.